The summed E-state index contributed by atoms with van der Waals surface area (Å²) in [6, 6.07) is 12.9. The van der Waals surface area contributed by atoms with Gasteiger partial charge in [0.15, 0.2) is 6.61 Å². The van der Waals surface area contributed by atoms with Gasteiger partial charge in [-0.2, -0.15) is 9.78 Å². The highest BCUT2D eigenvalue weighted by molar-refractivity contribution is 9.10. The number of nitro benzene ring substituents is 1. The van der Waals surface area contributed by atoms with Gasteiger partial charge < -0.3 is 10.1 Å². The number of hydrogen-bond donors (Lipinski definition) is 1. The van der Waals surface area contributed by atoms with Gasteiger partial charge in [0.2, 0.25) is 5.75 Å². The van der Waals surface area contributed by atoms with E-state index in [1.54, 1.807) is 25.1 Å². The minimum atomic E-state index is -0.665. The summed E-state index contributed by atoms with van der Waals surface area (Å²) in [6.07, 6.45) is 1.21. The molecule has 0 bridgehead atoms. The van der Waals surface area contributed by atoms with Gasteiger partial charge in [0, 0.05) is 26.3 Å². The zero-order valence-corrected chi connectivity index (χ0v) is 22.1. The van der Waals surface area contributed by atoms with Gasteiger partial charge in [0.25, 0.3) is 11.5 Å². The molecular formula is C24H16Br2FN5O5. The van der Waals surface area contributed by atoms with E-state index < -0.39 is 34.5 Å². The van der Waals surface area contributed by atoms with Crippen molar-refractivity contribution in [3.63, 3.8) is 0 Å². The molecule has 1 heterocycles. The molecule has 4 rings (SSSR count). The molecule has 4 aromatic rings. The fourth-order valence-electron chi connectivity index (χ4n) is 3.37. The van der Waals surface area contributed by atoms with E-state index in [0.29, 0.717) is 31.4 Å². The zero-order valence-electron chi connectivity index (χ0n) is 18.9. The Morgan fingerprint density at radius 2 is 1.92 bits per heavy atom. The number of amides is 1. The molecule has 10 nitrogen and oxygen atoms in total. The smallest absolute Gasteiger partial charge is 0.312 e. The molecule has 0 atom stereocenters. The molecule has 0 saturated heterocycles. The molecule has 37 heavy (non-hydrogen) atoms. The maximum Gasteiger partial charge on any atom is 0.312 e. The Hall–Kier alpha value is -3.97. The van der Waals surface area contributed by atoms with Crippen molar-refractivity contribution < 1.29 is 18.8 Å². The molecule has 1 amide bonds. The molecule has 0 fully saturated rings. The van der Waals surface area contributed by atoms with E-state index >= 15 is 0 Å². The number of nitrogens with zero attached hydrogens (tertiary/aromatic N) is 4. The predicted octanol–water partition coefficient (Wildman–Crippen LogP) is 5.18. The molecule has 0 saturated carbocycles. The number of ether oxygens (including phenoxy) is 1. The summed E-state index contributed by atoms with van der Waals surface area (Å²) in [5.74, 6) is -1.02. The van der Waals surface area contributed by atoms with E-state index in [1.165, 1.54) is 42.6 Å². The molecular weight excluding hydrogens is 617 g/mol. The van der Waals surface area contributed by atoms with Crippen molar-refractivity contribution in [2.24, 2.45) is 5.10 Å². The number of hydrogen-bond acceptors (Lipinski definition) is 7. The van der Waals surface area contributed by atoms with Gasteiger partial charge in [-0.1, -0.05) is 31.9 Å². The zero-order chi connectivity index (χ0) is 26.7. The monoisotopic (exact) mass is 631 g/mol. The Bertz CT molecular complexity index is 1620. The minimum absolute atomic E-state index is 0.135. The number of halogens is 3. The normalized spacial score (nSPS) is 11.1. The van der Waals surface area contributed by atoms with Crippen molar-refractivity contribution in [1.29, 1.82) is 0 Å². The summed E-state index contributed by atoms with van der Waals surface area (Å²) in [4.78, 5) is 40.8. The lowest BCUT2D eigenvalue weighted by Crippen LogP contribution is -2.21. The van der Waals surface area contributed by atoms with Crippen LogP contribution in [0.2, 0.25) is 0 Å². The van der Waals surface area contributed by atoms with Crippen LogP contribution in [-0.2, 0) is 4.79 Å². The average molecular weight is 633 g/mol. The Labute approximate surface area is 225 Å². The van der Waals surface area contributed by atoms with E-state index in [4.69, 9.17) is 4.74 Å². The first-order chi connectivity index (χ1) is 17.6. The third-order valence-corrected chi connectivity index (χ3v) is 5.97. The third-order valence-electron chi connectivity index (χ3n) is 5.02. The molecule has 0 spiro atoms. The van der Waals surface area contributed by atoms with Gasteiger partial charge in [-0.25, -0.2) is 9.37 Å². The van der Waals surface area contributed by atoms with E-state index in [2.05, 4.69) is 47.3 Å². The second-order valence-corrected chi connectivity index (χ2v) is 9.46. The second-order valence-electron chi connectivity index (χ2n) is 7.63. The lowest BCUT2D eigenvalue weighted by atomic mass is 10.2. The first-order valence-electron chi connectivity index (χ1n) is 10.5. The highest BCUT2D eigenvalue weighted by Gasteiger charge is 2.22. The number of carbonyl (C=O) groups excluding carboxylic acids is 1. The lowest BCUT2D eigenvalue weighted by molar-refractivity contribution is -0.385. The van der Waals surface area contributed by atoms with Crippen molar-refractivity contribution in [2.45, 2.75) is 6.92 Å². The van der Waals surface area contributed by atoms with Crippen LogP contribution in [0.3, 0.4) is 0 Å². The number of nitro groups is 1. The lowest BCUT2D eigenvalue weighted by Gasteiger charge is -2.11. The standard InChI is InChI=1S/C24H16Br2FN5O5/c1-13-29-20-7-2-15(25)9-19(20)24(34)31(13)28-11-14-8-16(26)10-21(32(35)36)23(14)37-12-22(33)30-18-5-3-17(27)4-6-18/h2-11H,12H2,1H3,(H,30,33). The van der Waals surface area contributed by atoms with Gasteiger partial charge in [-0.3, -0.25) is 19.7 Å². The topological polar surface area (TPSA) is 129 Å². The number of nitrogens with one attached hydrogen (secondary N) is 1. The maximum absolute atomic E-state index is 13.1. The molecule has 1 N–H and O–H groups in total. The van der Waals surface area contributed by atoms with Crippen LogP contribution < -0.4 is 15.6 Å². The number of rotatable bonds is 7. The summed E-state index contributed by atoms with van der Waals surface area (Å²) >= 11 is 6.55. The van der Waals surface area contributed by atoms with E-state index in [1.807, 2.05) is 0 Å². The quantitative estimate of drug-likeness (QED) is 0.170. The van der Waals surface area contributed by atoms with Crippen molar-refractivity contribution >= 4 is 66.3 Å². The van der Waals surface area contributed by atoms with Gasteiger partial charge in [0.05, 0.1) is 22.0 Å². The van der Waals surface area contributed by atoms with Gasteiger partial charge in [-0.05, 0) is 55.5 Å². The fourth-order valence-corrected chi connectivity index (χ4v) is 4.20. The van der Waals surface area contributed by atoms with Crippen molar-refractivity contribution in [2.75, 3.05) is 11.9 Å². The third kappa shape index (κ3) is 6.06. The summed E-state index contributed by atoms with van der Waals surface area (Å²) in [5, 5.41) is 18.7. The number of fused-ring (bicyclic) bond motifs is 1. The summed E-state index contributed by atoms with van der Waals surface area (Å²) in [5.41, 5.74) is 0.0934. The molecule has 1 aromatic heterocycles. The van der Waals surface area contributed by atoms with Crippen LogP contribution in [0.15, 0.2) is 73.4 Å². The van der Waals surface area contributed by atoms with Crippen LogP contribution in [0.5, 0.6) is 5.75 Å². The molecule has 0 radical (unpaired) electrons. The van der Waals surface area contributed by atoms with Crippen molar-refractivity contribution in [3.8, 4) is 5.75 Å². The molecule has 0 aliphatic carbocycles. The van der Waals surface area contributed by atoms with Crippen LogP contribution >= 0.6 is 31.9 Å². The number of carbonyl (C=O) groups is 1. The molecule has 188 valence electrons. The van der Waals surface area contributed by atoms with Crippen LogP contribution in [0.4, 0.5) is 15.8 Å². The largest absolute Gasteiger partial charge is 0.476 e. The minimum Gasteiger partial charge on any atom is -0.476 e. The van der Waals surface area contributed by atoms with Crippen LogP contribution in [0, 0.1) is 22.9 Å². The van der Waals surface area contributed by atoms with E-state index in [-0.39, 0.29) is 11.3 Å². The highest BCUT2D eigenvalue weighted by atomic mass is 79.9. The predicted molar refractivity (Wildman–Crippen MR) is 143 cm³/mol. The molecule has 0 unspecified atom stereocenters. The first kappa shape index (κ1) is 26.1. The van der Waals surface area contributed by atoms with Gasteiger partial charge in [-0.15, -0.1) is 0 Å². The first-order valence-corrected chi connectivity index (χ1v) is 12.1. The number of anilines is 1. The SMILES string of the molecule is Cc1nc2ccc(Br)cc2c(=O)n1N=Cc1cc(Br)cc([N+](=O)[O-])c1OCC(=O)Nc1ccc(F)cc1. The molecule has 3 aromatic carbocycles. The average Bonchev–Trinajstić information content (AvgIpc) is 2.84. The van der Waals surface area contributed by atoms with Gasteiger partial charge >= 0.3 is 5.69 Å². The highest BCUT2D eigenvalue weighted by Crippen LogP contribution is 2.34. The maximum atomic E-state index is 13.1. The Balaban J connectivity index is 1.67. The van der Waals surface area contributed by atoms with Crippen molar-refractivity contribution in [1.82, 2.24) is 9.66 Å². The number of aromatic nitrogens is 2. The molecule has 0 aliphatic rings. The van der Waals surface area contributed by atoms with Crippen LogP contribution in [0.25, 0.3) is 10.9 Å². The van der Waals surface area contributed by atoms with E-state index in [0.717, 1.165) is 4.68 Å². The number of aryl methyl sites for hydroxylation is 1. The summed E-state index contributed by atoms with van der Waals surface area (Å²) < 4.78 is 20.7. The summed E-state index contributed by atoms with van der Waals surface area (Å²) in [7, 11) is 0. The Kier molecular flexibility index (Phi) is 7.74. The molecule has 0 aliphatic heterocycles. The summed E-state index contributed by atoms with van der Waals surface area (Å²) in [6.45, 7) is 1.02. The van der Waals surface area contributed by atoms with Crippen LogP contribution in [0.1, 0.15) is 11.4 Å². The second kappa shape index (κ2) is 11.0. The Morgan fingerprint density at radius 3 is 2.62 bits per heavy atom. The van der Waals surface area contributed by atoms with Crippen molar-refractivity contribution in [3.05, 3.63) is 101 Å². The fraction of sp³-hybridized carbons (Fsp3) is 0.0833. The number of benzene rings is 3. The van der Waals surface area contributed by atoms with Gasteiger partial charge in [0.1, 0.15) is 11.6 Å². The van der Waals surface area contributed by atoms with Crippen LogP contribution in [-0.4, -0.2) is 33.3 Å². The van der Waals surface area contributed by atoms with E-state index in [9.17, 15) is 24.1 Å². The Morgan fingerprint density at radius 1 is 1.19 bits per heavy atom. The molecule has 13 heteroatoms.